The van der Waals surface area contributed by atoms with Crippen LogP contribution in [0.15, 0.2) is 72.9 Å². The van der Waals surface area contributed by atoms with Gasteiger partial charge in [-0.15, -0.1) is 10.2 Å². The van der Waals surface area contributed by atoms with E-state index in [4.69, 9.17) is 11.6 Å². The van der Waals surface area contributed by atoms with Crippen molar-refractivity contribution < 1.29 is 0 Å². The molecule has 118 valence electrons. The molecule has 0 unspecified atom stereocenters. The van der Waals surface area contributed by atoms with Gasteiger partial charge < -0.3 is 9.88 Å². The van der Waals surface area contributed by atoms with E-state index in [2.05, 4.69) is 68.7 Å². The molecular formula is C19H15ClN4. The molecule has 0 saturated carbocycles. The van der Waals surface area contributed by atoms with Crippen LogP contribution in [0.25, 0.3) is 10.9 Å². The van der Waals surface area contributed by atoms with Crippen LogP contribution < -0.4 is 5.32 Å². The Balaban J connectivity index is 1.59. The molecule has 2 heterocycles. The van der Waals surface area contributed by atoms with E-state index in [-0.39, 0.29) is 0 Å². The van der Waals surface area contributed by atoms with E-state index in [0.717, 1.165) is 12.2 Å². The predicted octanol–water partition coefficient (Wildman–Crippen LogP) is 4.88. The van der Waals surface area contributed by atoms with E-state index in [1.54, 1.807) is 12.1 Å². The van der Waals surface area contributed by atoms with Crippen molar-refractivity contribution in [1.29, 1.82) is 0 Å². The maximum absolute atomic E-state index is 5.76. The van der Waals surface area contributed by atoms with Crippen molar-refractivity contribution in [3.63, 3.8) is 0 Å². The first-order valence-corrected chi connectivity index (χ1v) is 8.05. The summed E-state index contributed by atoms with van der Waals surface area (Å²) in [5, 5.41) is 12.7. The van der Waals surface area contributed by atoms with Crippen molar-refractivity contribution >= 4 is 34.0 Å². The molecule has 0 aliphatic heterocycles. The van der Waals surface area contributed by atoms with Crippen LogP contribution in [0.1, 0.15) is 5.56 Å². The number of nitrogens with zero attached hydrogens (tertiary/aromatic N) is 3. The predicted molar refractivity (Wildman–Crippen MR) is 97.8 cm³/mol. The highest BCUT2D eigenvalue weighted by Gasteiger charge is 2.04. The molecule has 0 amide bonds. The average molecular weight is 335 g/mol. The molecule has 24 heavy (non-hydrogen) atoms. The standard InChI is InChI=1S/C19H15ClN4/c20-18-8-9-19(23-22-18)21-16-6-7-17-15(12-16)10-11-24(17)13-14-4-2-1-3-5-14/h1-12H,13H2,(H,21,23). The molecule has 0 fully saturated rings. The molecule has 2 aromatic heterocycles. The Bertz CT molecular complexity index is 962. The van der Waals surface area contributed by atoms with Gasteiger partial charge in [0, 0.05) is 29.3 Å². The van der Waals surface area contributed by atoms with Crippen LogP contribution in [0.4, 0.5) is 11.5 Å². The molecule has 1 N–H and O–H groups in total. The molecule has 0 aliphatic carbocycles. The normalized spacial score (nSPS) is 10.9. The first kappa shape index (κ1) is 14.7. The summed E-state index contributed by atoms with van der Waals surface area (Å²) in [6.07, 6.45) is 2.11. The van der Waals surface area contributed by atoms with Crippen molar-refractivity contribution in [2.45, 2.75) is 6.54 Å². The van der Waals surface area contributed by atoms with E-state index in [1.165, 1.54) is 16.5 Å². The van der Waals surface area contributed by atoms with Crippen molar-refractivity contribution in [3.05, 3.63) is 83.6 Å². The second-order valence-corrected chi connectivity index (χ2v) is 5.96. The average Bonchev–Trinajstić information content (AvgIpc) is 3.00. The third-order valence-electron chi connectivity index (χ3n) is 3.87. The Morgan fingerprint density at radius 1 is 0.917 bits per heavy atom. The summed E-state index contributed by atoms with van der Waals surface area (Å²) >= 11 is 5.76. The monoisotopic (exact) mass is 334 g/mol. The van der Waals surface area contributed by atoms with Gasteiger partial charge in [0.2, 0.25) is 0 Å². The molecule has 0 aliphatic rings. The lowest BCUT2D eigenvalue weighted by Gasteiger charge is -2.08. The Labute approximate surface area is 144 Å². The number of halogens is 1. The Kier molecular flexibility index (Phi) is 3.89. The molecule has 4 aromatic rings. The smallest absolute Gasteiger partial charge is 0.153 e. The number of fused-ring (bicyclic) bond motifs is 1. The van der Waals surface area contributed by atoms with Gasteiger partial charge in [-0.3, -0.25) is 0 Å². The van der Waals surface area contributed by atoms with Crippen molar-refractivity contribution in [3.8, 4) is 0 Å². The fourth-order valence-corrected chi connectivity index (χ4v) is 2.83. The second-order valence-electron chi connectivity index (χ2n) is 5.57. The Hall–Kier alpha value is -2.85. The first-order valence-electron chi connectivity index (χ1n) is 7.67. The van der Waals surface area contributed by atoms with E-state index in [1.807, 2.05) is 12.1 Å². The zero-order valence-electron chi connectivity index (χ0n) is 12.9. The highest BCUT2D eigenvalue weighted by molar-refractivity contribution is 6.29. The molecule has 5 heteroatoms. The molecule has 0 radical (unpaired) electrons. The number of hydrogen-bond donors (Lipinski definition) is 1. The quantitative estimate of drug-likeness (QED) is 0.578. The number of benzene rings is 2. The lowest BCUT2D eigenvalue weighted by Crippen LogP contribution is -1.98. The van der Waals surface area contributed by atoms with Gasteiger partial charge >= 0.3 is 0 Å². The van der Waals surface area contributed by atoms with E-state index >= 15 is 0 Å². The number of aromatic nitrogens is 3. The molecule has 0 spiro atoms. The molecule has 0 bridgehead atoms. The van der Waals surface area contributed by atoms with Gasteiger partial charge in [-0.2, -0.15) is 0 Å². The molecule has 4 rings (SSSR count). The van der Waals surface area contributed by atoms with Crippen molar-refractivity contribution in [2.24, 2.45) is 0 Å². The van der Waals surface area contributed by atoms with Gasteiger partial charge in [0.1, 0.15) is 0 Å². The number of nitrogens with one attached hydrogen (secondary N) is 1. The van der Waals surface area contributed by atoms with Crippen LogP contribution in [0, 0.1) is 0 Å². The fraction of sp³-hybridized carbons (Fsp3) is 0.0526. The summed E-state index contributed by atoms with van der Waals surface area (Å²) in [6.45, 7) is 0.861. The first-order chi connectivity index (χ1) is 11.8. The van der Waals surface area contributed by atoms with E-state index in [9.17, 15) is 0 Å². The van der Waals surface area contributed by atoms with E-state index < -0.39 is 0 Å². The minimum absolute atomic E-state index is 0.383. The third-order valence-corrected chi connectivity index (χ3v) is 4.07. The summed E-state index contributed by atoms with van der Waals surface area (Å²) < 4.78 is 2.25. The molecule has 4 nitrogen and oxygen atoms in total. The van der Waals surface area contributed by atoms with Crippen molar-refractivity contribution in [2.75, 3.05) is 5.32 Å². The van der Waals surface area contributed by atoms with Crippen LogP contribution in [0.2, 0.25) is 5.15 Å². The maximum atomic E-state index is 5.76. The van der Waals surface area contributed by atoms with E-state index in [0.29, 0.717) is 11.0 Å². The number of anilines is 2. The highest BCUT2D eigenvalue weighted by atomic mass is 35.5. The lowest BCUT2D eigenvalue weighted by molar-refractivity contribution is 0.837. The number of rotatable bonds is 4. The highest BCUT2D eigenvalue weighted by Crippen LogP contribution is 2.23. The van der Waals surface area contributed by atoms with Gasteiger partial charge in [0.05, 0.1) is 0 Å². The summed E-state index contributed by atoms with van der Waals surface area (Å²) in [7, 11) is 0. The summed E-state index contributed by atoms with van der Waals surface area (Å²) in [6, 6.07) is 22.4. The Morgan fingerprint density at radius 2 is 1.79 bits per heavy atom. The van der Waals surface area contributed by atoms with Crippen molar-refractivity contribution in [1.82, 2.24) is 14.8 Å². The van der Waals surface area contributed by atoms with Gasteiger partial charge in [-0.25, -0.2) is 0 Å². The maximum Gasteiger partial charge on any atom is 0.153 e. The molecule has 0 atom stereocenters. The molecular weight excluding hydrogens is 320 g/mol. The Morgan fingerprint density at radius 3 is 2.58 bits per heavy atom. The van der Waals surface area contributed by atoms with Crippen LogP contribution >= 0.6 is 11.6 Å². The molecule has 0 saturated heterocycles. The largest absolute Gasteiger partial charge is 0.343 e. The minimum atomic E-state index is 0.383. The van der Waals surface area contributed by atoms with Crippen LogP contribution in [-0.2, 0) is 6.54 Å². The minimum Gasteiger partial charge on any atom is -0.343 e. The third kappa shape index (κ3) is 3.09. The summed E-state index contributed by atoms with van der Waals surface area (Å²) in [5.41, 5.74) is 3.46. The zero-order chi connectivity index (χ0) is 16.4. The van der Waals surface area contributed by atoms with Crippen LogP contribution in [0.5, 0.6) is 0 Å². The van der Waals surface area contributed by atoms with Crippen LogP contribution in [0.3, 0.4) is 0 Å². The summed E-state index contributed by atoms with van der Waals surface area (Å²) in [4.78, 5) is 0. The fourth-order valence-electron chi connectivity index (χ4n) is 2.73. The van der Waals surface area contributed by atoms with Gasteiger partial charge in [-0.1, -0.05) is 41.9 Å². The lowest BCUT2D eigenvalue weighted by atomic mass is 10.2. The molecule has 2 aromatic carbocycles. The number of hydrogen-bond acceptors (Lipinski definition) is 3. The zero-order valence-corrected chi connectivity index (χ0v) is 13.6. The van der Waals surface area contributed by atoms with Gasteiger partial charge in [0.25, 0.3) is 0 Å². The van der Waals surface area contributed by atoms with Crippen LogP contribution in [-0.4, -0.2) is 14.8 Å². The second kappa shape index (κ2) is 6.34. The van der Waals surface area contributed by atoms with Gasteiger partial charge in [-0.05, 0) is 42.0 Å². The van der Waals surface area contributed by atoms with Gasteiger partial charge in [0.15, 0.2) is 11.0 Å². The topological polar surface area (TPSA) is 42.7 Å². The summed E-state index contributed by atoms with van der Waals surface area (Å²) in [5.74, 6) is 0.669. The SMILES string of the molecule is Clc1ccc(Nc2ccc3c(ccn3Cc3ccccc3)c2)nn1.